The van der Waals surface area contributed by atoms with E-state index in [1.54, 1.807) is 12.1 Å². The lowest BCUT2D eigenvalue weighted by atomic mass is 10.1. The van der Waals surface area contributed by atoms with E-state index in [9.17, 15) is 4.39 Å². The predicted molar refractivity (Wildman–Crippen MR) is 86.3 cm³/mol. The molecule has 2 fully saturated rings. The van der Waals surface area contributed by atoms with Crippen molar-refractivity contribution in [3.8, 4) is 0 Å². The van der Waals surface area contributed by atoms with Gasteiger partial charge in [-0.3, -0.25) is 4.90 Å². The Balaban J connectivity index is 0.00000192. The van der Waals surface area contributed by atoms with E-state index in [1.807, 2.05) is 6.07 Å². The molecule has 1 aromatic carbocycles. The summed E-state index contributed by atoms with van der Waals surface area (Å²) in [6.07, 6.45) is 1.69. The topological polar surface area (TPSA) is 12.5 Å². The van der Waals surface area contributed by atoms with Crippen molar-refractivity contribution in [2.75, 3.05) is 45.8 Å². The molecule has 1 spiro atoms. The van der Waals surface area contributed by atoms with Gasteiger partial charge in [0.1, 0.15) is 31.1 Å². The van der Waals surface area contributed by atoms with Crippen LogP contribution in [0.2, 0.25) is 0 Å². The van der Waals surface area contributed by atoms with E-state index in [0.29, 0.717) is 12.2 Å². The summed E-state index contributed by atoms with van der Waals surface area (Å²) in [5.41, 5.74) is 1.10. The molecule has 2 heterocycles. The quantitative estimate of drug-likeness (QED) is 0.674. The number of hydrogen-bond donors (Lipinski definition) is 0. The molecule has 1 aromatic rings. The average Bonchev–Trinajstić information content (AvgIpc) is 2.46. The lowest BCUT2D eigenvalue weighted by Gasteiger charge is -2.50. The van der Waals surface area contributed by atoms with Crippen LogP contribution in [-0.2, 0) is 11.2 Å². The predicted octanol–water partition coefficient (Wildman–Crippen LogP) is -0.688. The Morgan fingerprint density at radius 1 is 1.17 bits per heavy atom. The van der Waals surface area contributed by atoms with Gasteiger partial charge < -0.3 is 21.6 Å². The molecule has 2 aliphatic heterocycles. The van der Waals surface area contributed by atoms with E-state index in [4.69, 9.17) is 4.74 Å². The SMILES string of the molecule is CC1C[N+]2(CCN(CCc3cccc(F)c3)CC2)CC(C)O1.[Cl-]. The van der Waals surface area contributed by atoms with Crippen LogP contribution in [0.4, 0.5) is 4.39 Å². The average molecular weight is 343 g/mol. The maximum Gasteiger partial charge on any atom is 0.123 e. The van der Waals surface area contributed by atoms with Crippen LogP contribution in [0.3, 0.4) is 0 Å². The third-order valence-electron chi connectivity index (χ3n) is 5.14. The highest BCUT2D eigenvalue weighted by Crippen LogP contribution is 2.22. The number of rotatable bonds is 3. The lowest BCUT2D eigenvalue weighted by molar-refractivity contribution is -0.945. The Bertz CT molecular complexity index is 494. The van der Waals surface area contributed by atoms with Gasteiger partial charge in [0.25, 0.3) is 0 Å². The Hall–Kier alpha value is -0.680. The summed E-state index contributed by atoms with van der Waals surface area (Å²) in [6, 6.07) is 6.99. The first kappa shape index (κ1) is 18.7. The van der Waals surface area contributed by atoms with Crippen molar-refractivity contribution in [3.63, 3.8) is 0 Å². The van der Waals surface area contributed by atoms with E-state index in [1.165, 1.54) is 23.6 Å². The smallest absolute Gasteiger partial charge is 0.123 e. The Kier molecular flexibility index (Phi) is 6.43. The van der Waals surface area contributed by atoms with Crippen LogP contribution in [0.15, 0.2) is 24.3 Å². The maximum atomic E-state index is 13.2. The second-order valence-electron chi connectivity index (χ2n) is 7.13. The van der Waals surface area contributed by atoms with Gasteiger partial charge in [-0.25, -0.2) is 4.39 Å². The highest BCUT2D eigenvalue weighted by Gasteiger charge is 2.39. The van der Waals surface area contributed by atoms with Crippen LogP contribution >= 0.6 is 0 Å². The second-order valence-corrected chi connectivity index (χ2v) is 7.13. The molecular weight excluding hydrogens is 315 g/mol. The zero-order chi connectivity index (χ0) is 15.6. The maximum absolute atomic E-state index is 13.2. The van der Waals surface area contributed by atoms with Crippen LogP contribution < -0.4 is 12.4 Å². The van der Waals surface area contributed by atoms with Gasteiger partial charge in [-0.15, -0.1) is 0 Å². The van der Waals surface area contributed by atoms with E-state index >= 15 is 0 Å². The molecule has 0 amide bonds. The number of ether oxygens (including phenoxy) is 1. The van der Waals surface area contributed by atoms with Crippen LogP contribution in [0.1, 0.15) is 19.4 Å². The Morgan fingerprint density at radius 3 is 2.43 bits per heavy atom. The summed E-state index contributed by atoms with van der Waals surface area (Å²) >= 11 is 0. The lowest BCUT2D eigenvalue weighted by Crippen LogP contribution is -3.00. The number of quaternary nitrogens is 1. The van der Waals surface area contributed by atoms with Crippen molar-refractivity contribution in [2.24, 2.45) is 0 Å². The molecule has 0 aliphatic carbocycles. The molecule has 23 heavy (non-hydrogen) atoms. The molecule has 2 aliphatic rings. The molecule has 5 heteroatoms. The first-order chi connectivity index (χ1) is 10.5. The van der Waals surface area contributed by atoms with E-state index in [-0.39, 0.29) is 18.2 Å². The van der Waals surface area contributed by atoms with Crippen molar-refractivity contribution in [1.82, 2.24) is 4.90 Å². The number of morpholine rings is 1. The monoisotopic (exact) mass is 342 g/mol. The van der Waals surface area contributed by atoms with Gasteiger partial charge in [0.05, 0.1) is 13.1 Å². The van der Waals surface area contributed by atoms with Crippen LogP contribution in [0.5, 0.6) is 0 Å². The highest BCUT2D eigenvalue weighted by molar-refractivity contribution is 5.16. The first-order valence-electron chi connectivity index (χ1n) is 8.52. The summed E-state index contributed by atoms with van der Waals surface area (Å²) in [4.78, 5) is 2.53. The molecular formula is C18H28ClFN2O. The van der Waals surface area contributed by atoms with Crippen molar-refractivity contribution >= 4 is 0 Å². The molecule has 2 atom stereocenters. The van der Waals surface area contributed by atoms with Crippen molar-refractivity contribution in [2.45, 2.75) is 32.5 Å². The summed E-state index contributed by atoms with van der Waals surface area (Å²) in [5.74, 6) is -0.128. The summed E-state index contributed by atoms with van der Waals surface area (Å²) < 4.78 is 20.3. The minimum absolute atomic E-state index is 0. The third kappa shape index (κ3) is 4.90. The molecule has 3 rings (SSSR count). The van der Waals surface area contributed by atoms with Gasteiger partial charge in [0, 0.05) is 19.6 Å². The normalized spacial score (nSPS) is 27.6. The fourth-order valence-corrected chi connectivity index (χ4v) is 4.15. The minimum atomic E-state index is -0.128. The van der Waals surface area contributed by atoms with Gasteiger partial charge >= 0.3 is 0 Å². The zero-order valence-corrected chi connectivity index (χ0v) is 14.9. The Morgan fingerprint density at radius 2 is 1.83 bits per heavy atom. The fourth-order valence-electron chi connectivity index (χ4n) is 4.15. The number of nitrogens with zero attached hydrogens (tertiary/aromatic N) is 2. The highest BCUT2D eigenvalue weighted by atomic mass is 35.5. The van der Waals surface area contributed by atoms with Crippen LogP contribution in [0, 0.1) is 5.82 Å². The Labute approximate surface area is 145 Å². The molecule has 0 radical (unpaired) electrons. The molecule has 3 nitrogen and oxygen atoms in total. The number of hydrogen-bond acceptors (Lipinski definition) is 2. The van der Waals surface area contributed by atoms with Gasteiger partial charge in [-0.05, 0) is 38.0 Å². The summed E-state index contributed by atoms with van der Waals surface area (Å²) in [6.45, 7) is 12.5. The molecule has 0 bridgehead atoms. The van der Waals surface area contributed by atoms with Gasteiger partial charge in [0.15, 0.2) is 0 Å². The van der Waals surface area contributed by atoms with Crippen molar-refractivity contribution in [3.05, 3.63) is 35.6 Å². The van der Waals surface area contributed by atoms with E-state index in [2.05, 4.69) is 18.7 Å². The largest absolute Gasteiger partial charge is 1.00 e. The van der Waals surface area contributed by atoms with Gasteiger partial charge in [-0.2, -0.15) is 0 Å². The van der Waals surface area contributed by atoms with Crippen molar-refractivity contribution < 1.29 is 26.0 Å². The van der Waals surface area contributed by atoms with Gasteiger partial charge in [0.2, 0.25) is 0 Å². The summed E-state index contributed by atoms with van der Waals surface area (Å²) in [5, 5.41) is 0. The first-order valence-corrected chi connectivity index (χ1v) is 8.52. The second kappa shape index (κ2) is 7.93. The summed E-state index contributed by atoms with van der Waals surface area (Å²) in [7, 11) is 0. The number of halogens is 2. The number of piperazine rings is 1. The van der Waals surface area contributed by atoms with Crippen LogP contribution in [0.25, 0.3) is 0 Å². The molecule has 2 saturated heterocycles. The van der Waals surface area contributed by atoms with E-state index < -0.39 is 0 Å². The van der Waals surface area contributed by atoms with Crippen molar-refractivity contribution in [1.29, 1.82) is 0 Å². The standard InChI is InChI=1S/C18H28FN2O.ClH/c1-15-13-21(14-16(2)22-15)10-8-20(9-11-21)7-6-17-4-3-5-18(19)12-17;/h3-5,12,15-16H,6-11,13-14H2,1-2H3;1H/q+1;/p-1. The van der Waals surface area contributed by atoms with Gasteiger partial charge in [-0.1, -0.05) is 12.1 Å². The third-order valence-corrected chi connectivity index (χ3v) is 5.14. The number of benzene rings is 1. The van der Waals surface area contributed by atoms with E-state index in [0.717, 1.165) is 44.7 Å². The molecule has 2 unspecified atom stereocenters. The fraction of sp³-hybridized carbons (Fsp3) is 0.667. The molecule has 0 aromatic heterocycles. The zero-order valence-electron chi connectivity index (χ0n) is 14.2. The minimum Gasteiger partial charge on any atom is -1.00 e. The molecule has 0 saturated carbocycles. The molecule has 130 valence electrons. The molecule has 0 N–H and O–H groups in total. The van der Waals surface area contributed by atoms with Crippen LogP contribution in [-0.4, -0.2) is 67.4 Å².